The standard InChI is InChI=1S/C18H24N10O2S.2C17H22N10O2S.C16H20N10O2S/c1-2-14-15(24-12-7-8-21-9-12)22-10-23-16(14)28-17(19)26-18(27-28)25-11-3-5-13(6-4-11)31(20,29)30;1-25-6-8-26(9-7-25)14-10-15(21-11-20-14)27-16(18)23-17(24-27)22-12-2-4-13(5-3-12)30(19,28)29;1-10-21-14(23-12-6-7-20-9-12)8-15(22-10)27-16(18)25-17(26-27)24-11-2-4-13(5-3-11)30(19,28)29;17-10-5-6-25(8-10)13-7-14(21-9-20-13)26-15(18)23-16(24-26)22-11-1-3-12(4-2-11)29(19,27)28/h3-6,10,12,21H,2,7-9H2,1H3,(H2,20,29,30)(H,22,23,24)(H3,19,25,26,27);2-5,10-11H,6-9H2,1H3,(H2,19,28,29)(H3,18,22,23,24);2-5,8,12,20H,6-7,9H2,1H3,(H2,19,28,29)(H,21,22,23)(H3,18,24,25,26);1-4,7,9-10H,5-6,8,17H2,(H2,19,27,28)(H3,18,22,23,24)/t;;;10-/m...0/s1. The van der Waals surface area contributed by atoms with Gasteiger partial charge in [-0.3, -0.25) is 0 Å². The van der Waals surface area contributed by atoms with Gasteiger partial charge >= 0.3 is 0 Å². The molecule has 0 aliphatic carbocycles. The molecule has 48 nitrogen and oxygen atoms in total. The SMILES string of the molecule is CCc1c(NC2CCNC2)ncnc1-n1nc(Nc2ccc(S(N)(=O)=O)cc2)nc1N.CN1CCN(c2cc(-n3nc(Nc4ccc(S(N)(=O)=O)cc4)nc3N)ncn2)CC1.Cc1nc(NC2CCNC2)cc(-n2nc(Nc3ccc(S(N)(=O)=O)cc3)nc2N)n1.Nc1nc(Nc2ccc(S(N)(=O)=O)cc2)nn1-c1cc(N2CC[C@H](N)C2)ncn1. The van der Waals surface area contributed by atoms with Crippen LogP contribution < -0.4 is 102 Å². The number of primary sulfonamides is 4. The first-order chi connectivity index (χ1) is 57.2. The molecular weight excluding hydrogens is 1630 g/mol. The number of likely N-dealkylation sites (N-methyl/N-ethyl adjacent to an activating group) is 1. The van der Waals surface area contributed by atoms with Gasteiger partial charge in [-0.1, -0.05) is 6.92 Å². The number of nitrogen functional groups attached to an aromatic ring is 4. The summed E-state index contributed by atoms with van der Waals surface area (Å²) >= 11 is 0. The number of nitrogens with zero attached hydrogens (tertiary/aromatic N) is 23. The van der Waals surface area contributed by atoms with Gasteiger partial charge in [-0.05, 0) is 150 Å². The normalized spacial score (nSPS) is 16.3. The fourth-order valence-corrected chi connectivity index (χ4v) is 14.7. The minimum atomic E-state index is -3.76. The molecule has 0 radical (unpaired) electrons. The van der Waals surface area contributed by atoms with Crippen molar-refractivity contribution in [1.82, 2.24) is 114 Å². The molecule has 3 atom stereocenters. The second kappa shape index (κ2) is 36.4. The monoisotopic (exact) mass is 1720 g/mol. The van der Waals surface area contributed by atoms with Gasteiger partial charge in [0.05, 0.1) is 19.6 Å². The minimum absolute atomic E-state index is 0.0104. The zero-order valence-electron chi connectivity index (χ0n) is 64.7. The van der Waals surface area contributed by atoms with Crippen LogP contribution in [0.2, 0.25) is 0 Å². The molecule has 12 aromatic rings. The van der Waals surface area contributed by atoms with Crippen LogP contribution in [0.3, 0.4) is 0 Å². The van der Waals surface area contributed by atoms with Gasteiger partial charge in [0.2, 0.25) is 87.7 Å². The van der Waals surface area contributed by atoms with Crippen LogP contribution in [0.1, 0.15) is 37.6 Å². The van der Waals surface area contributed by atoms with E-state index in [9.17, 15) is 33.7 Å². The second-order valence-electron chi connectivity index (χ2n) is 27.6. The van der Waals surface area contributed by atoms with E-state index in [4.69, 9.17) is 49.2 Å². The van der Waals surface area contributed by atoms with Gasteiger partial charge in [0, 0.05) is 117 Å². The maximum absolute atomic E-state index is 11.4. The molecular formula is C68H88N40O8S4. The van der Waals surface area contributed by atoms with E-state index >= 15 is 0 Å². The molecule has 8 aromatic heterocycles. The largest absolute Gasteiger partial charge is 0.368 e. The quantitative estimate of drug-likeness (QED) is 0.0395. The smallest absolute Gasteiger partial charge is 0.248 e. The number of nitrogens with one attached hydrogen (secondary N) is 8. The Morgan fingerprint density at radius 1 is 0.425 bits per heavy atom. The molecule has 52 heteroatoms. The van der Waals surface area contributed by atoms with E-state index in [-0.39, 0.29) is 73.2 Å². The number of hydrogen-bond donors (Lipinski definition) is 17. The Kier molecular flexibility index (Phi) is 25.7. The van der Waals surface area contributed by atoms with Gasteiger partial charge in [0.25, 0.3) is 0 Å². The molecule has 2 unspecified atom stereocenters. The van der Waals surface area contributed by atoms with Crippen molar-refractivity contribution in [1.29, 1.82) is 0 Å². The average molecular weight is 1720 g/mol. The van der Waals surface area contributed by atoms with Crippen LogP contribution in [0.15, 0.2) is 154 Å². The highest BCUT2D eigenvalue weighted by atomic mass is 32.2. The first-order valence-corrected chi connectivity index (χ1v) is 43.1. The molecule has 12 heterocycles. The van der Waals surface area contributed by atoms with E-state index in [1.807, 2.05) is 13.0 Å². The zero-order chi connectivity index (χ0) is 85.2. The lowest BCUT2D eigenvalue weighted by molar-refractivity contribution is 0.312. The summed E-state index contributed by atoms with van der Waals surface area (Å²) in [6.07, 6.45) is 8.00. The molecule has 632 valence electrons. The lowest BCUT2D eigenvalue weighted by atomic mass is 10.2. The molecule has 26 N–H and O–H groups in total. The number of aryl methyl sites for hydroxylation is 1. The molecule has 120 heavy (non-hydrogen) atoms. The van der Waals surface area contributed by atoms with Crippen molar-refractivity contribution < 1.29 is 33.7 Å². The number of anilines is 16. The summed E-state index contributed by atoms with van der Waals surface area (Å²) in [7, 11) is -12.9. The summed E-state index contributed by atoms with van der Waals surface area (Å²) in [4.78, 5) is 58.2. The van der Waals surface area contributed by atoms with Crippen LogP contribution >= 0.6 is 0 Å². The number of nitrogens with two attached hydrogens (primary N) is 9. The molecule has 4 fully saturated rings. The van der Waals surface area contributed by atoms with Crippen LogP contribution in [-0.2, 0) is 46.5 Å². The summed E-state index contributed by atoms with van der Waals surface area (Å²) in [6, 6.07) is 29.7. The second-order valence-corrected chi connectivity index (χ2v) is 33.8. The summed E-state index contributed by atoms with van der Waals surface area (Å²) in [5, 5.41) is 63.3. The van der Waals surface area contributed by atoms with Crippen molar-refractivity contribution in [3.05, 3.63) is 146 Å². The van der Waals surface area contributed by atoms with Crippen molar-refractivity contribution in [2.75, 3.05) is 137 Å². The third kappa shape index (κ3) is 21.8. The van der Waals surface area contributed by atoms with Crippen LogP contribution in [0.4, 0.5) is 93.6 Å². The van der Waals surface area contributed by atoms with Crippen molar-refractivity contribution in [3.8, 4) is 23.3 Å². The third-order valence-electron chi connectivity index (χ3n) is 18.7. The lowest BCUT2D eigenvalue weighted by Gasteiger charge is -2.33. The summed E-state index contributed by atoms with van der Waals surface area (Å²) in [5.74, 6) is 7.12. The molecule has 4 saturated heterocycles. The van der Waals surface area contributed by atoms with E-state index in [2.05, 4.69) is 144 Å². The highest BCUT2D eigenvalue weighted by Gasteiger charge is 2.26. The fraction of sp³-hybridized carbons (Fsp3) is 0.294. The molecule has 0 saturated carbocycles. The number of hydrogen-bond acceptors (Lipinski definition) is 40. The van der Waals surface area contributed by atoms with Gasteiger partial charge < -0.3 is 85.9 Å². The van der Waals surface area contributed by atoms with Crippen molar-refractivity contribution in [2.45, 2.75) is 77.2 Å². The van der Waals surface area contributed by atoms with Crippen LogP contribution in [0.5, 0.6) is 0 Å². The van der Waals surface area contributed by atoms with E-state index in [1.54, 1.807) is 67.6 Å². The Morgan fingerprint density at radius 2 is 0.800 bits per heavy atom. The highest BCUT2D eigenvalue weighted by molar-refractivity contribution is 7.90. The average Bonchev–Trinajstić information content (AvgIpc) is 1.67. The molecule has 16 rings (SSSR count). The molecule has 0 bridgehead atoms. The molecule has 0 amide bonds. The Labute approximate surface area is 687 Å². The maximum atomic E-state index is 11.4. The topological polar surface area (TPSA) is 703 Å². The van der Waals surface area contributed by atoms with Gasteiger partial charge in [0.15, 0.2) is 23.3 Å². The Bertz CT molecular complexity index is 6060. The van der Waals surface area contributed by atoms with Crippen LogP contribution in [0, 0.1) is 6.92 Å². The van der Waals surface area contributed by atoms with Crippen molar-refractivity contribution >= 4 is 134 Å². The van der Waals surface area contributed by atoms with E-state index in [1.165, 1.54) is 86.2 Å². The molecule has 4 aliphatic rings. The summed E-state index contributed by atoms with van der Waals surface area (Å²) in [5.41, 5.74) is 33.3. The fourth-order valence-electron chi connectivity index (χ4n) is 12.6. The Balaban J connectivity index is 0.000000138. The van der Waals surface area contributed by atoms with Crippen molar-refractivity contribution in [2.24, 2.45) is 26.3 Å². The van der Waals surface area contributed by atoms with Gasteiger partial charge in [-0.15, -0.1) is 20.4 Å². The van der Waals surface area contributed by atoms with Gasteiger partial charge in [-0.25, -0.2) is 94.1 Å². The van der Waals surface area contributed by atoms with E-state index < -0.39 is 40.1 Å². The molecule has 4 aliphatic heterocycles. The Hall–Kier alpha value is -13.2. The maximum Gasteiger partial charge on any atom is 0.248 e. The van der Waals surface area contributed by atoms with Gasteiger partial charge in [-0.2, -0.15) is 38.7 Å². The summed E-state index contributed by atoms with van der Waals surface area (Å²) < 4.78 is 96.6. The number of rotatable bonds is 23. The molecule has 4 aromatic carbocycles. The predicted octanol–water partition coefficient (Wildman–Crippen LogP) is -0.170. The number of benzene rings is 4. The van der Waals surface area contributed by atoms with Crippen LogP contribution in [0.25, 0.3) is 23.3 Å². The lowest BCUT2D eigenvalue weighted by Crippen LogP contribution is -2.44. The minimum Gasteiger partial charge on any atom is -0.368 e. The van der Waals surface area contributed by atoms with Gasteiger partial charge in [0.1, 0.15) is 48.1 Å². The van der Waals surface area contributed by atoms with Crippen molar-refractivity contribution in [3.63, 3.8) is 0 Å². The number of sulfonamides is 4. The first kappa shape index (κ1) is 84.7. The number of piperazine rings is 1. The highest BCUT2D eigenvalue weighted by Crippen LogP contribution is 2.29. The predicted molar refractivity (Wildman–Crippen MR) is 448 cm³/mol. The zero-order valence-corrected chi connectivity index (χ0v) is 68.0. The number of aromatic nitrogens is 20. The van der Waals surface area contributed by atoms with E-state index in [0.29, 0.717) is 76.2 Å². The molecule has 0 spiro atoms. The van der Waals surface area contributed by atoms with E-state index in [0.717, 1.165) is 108 Å². The summed E-state index contributed by atoms with van der Waals surface area (Å²) in [6.45, 7) is 12.7. The third-order valence-corrected chi connectivity index (χ3v) is 22.4. The first-order valence-electron chi connectivity index (χ1n) is 36.9. The van der Waals surface area contributed by atoms with Crippen LogP contribution in [-0.4, -0.2) is 228 Å². The Morgan fingerprint density at radius 3 is 1.18 bits per heavy atom.